The molecule has 23 heavy (non-hydrogen) atoms. The van der Waals surface area contributed by atoms with Gasteiger partial charge >= 0.3 is 12.1 Å². The second-order valence-electron chi connectivity index (χ2n) is 4.68. The van der Waals surface area contributed by atoms with Crippen LogP contribution in [0.3, 0.4) is 0 Å². The molecule has 1 N–H and O–H groups in total. The predicted molar refractivity (Wildman–Crippen MR) is 74.5 cm³/mol. The second-order valence-corrected chi connectivity index (χ2v) is 4.68. The number of para-hydroxylation sites is 1. The van der Waals surface area contributed by atoms with E-state index >= 15 is 0 Å². The average Bonchev–Trinajstić information content (AvgIpc) is 2.97. The first-order valence-corrected chi connectivity index (χ1v) is 6.87. The molecule has 1 aromatic heterocycles. The van der Waals surface area contributed by atoms with Crippen LogP contribution in [0.25, 0.3) is 0 Å². The van der Waals surface area contributed by atoms with Crippen molar-refractivity contribution in [3.8, 4) is 5.75 Å². The van der Waals surface area contributed by atoms with Gasteiger partial charge in [-0.3, -0.25) is 9.48 Å². The number of nitrogens with one attached hydrogen (secondary N) is 1. The lowest BCUT2D eigenvalue weighted by molar-refractivity contribution is -0.173. The number of aryl methyl sites for hydroxylation is 1. The number of carbonyl (C=O) groups excluding carboxylic acids is 1. The van der Waals surface area contributed by atoms with E-state index in [1.54, 1.807) is 11.5 Å². The van der Waals surface area contributed by atoms with Crippen molar-refractivity contribution in [2.24, 2.45) is 0 Å². The van der Waals surface area contributed by atoms with Crippen molar-refractivity contribution >= 4 is 5.91 Å². The molecular formula is C14H15F3N4O2. The molecule has 0 radical (unpaired) electrons. The van der Waals surface area contributed by atoms with E-state index in [2.05, 4.69) is 10.3 Å². The number of ether oxygens (including phenoxy) is 1. The highest BCUT2D eigenvalue weighted by atomic mass is 19.4. The van der Waals surface area contributed by atoms with Crippen molar-refractivity contribution in [1.82, 2.24) is 20.3 Å². The number of amides is 1. The molecule has 0 aliphatic rings. The number of carbonyl (C=O) groups is 1. The smallest absolute Gasteiger partial charge is 0.471 e. The average molecular weight is 328 g/mol. The summed E-state index contributed by atoms with van der Waals surface area (Å²) in [4.78, 5) is 10.6. The molecule has 0 bridgehead atoms. The molecule has 0 atom stereocenters. The first kappa shape index (κ1) is 16.8. The van der Waals surface area contributed by atoms with Crippen LogP contribution in [0.4, 0.5) is 13.2 Å². The minimum absolute atomic E-state index is 0.0892. The normalized spacial score (nSPS) is 11.3. The predicted octanol–water partition coefficient (Wildman–Crippen LogP) is 1.93. The number of hydrogen-bond donors (Lipinski definition) is 1. The van der Waals surface area contributed by atoms with E-state index in [0.717, 1.165) is 0 Å². The highest BCUT2D eigenvalue weighted by Crippen LogP contribution is 2.14. The summed E-state index contributed by atoms with van der Waals surface area (Å²) in [6.45, 7) is 0.499. The van der Waals surface area contributed by atoms with Gasteiger partial charge in [0, 0.05) is 13.1 Å². The fourth-order valence-corrected chi connectivity index (χ4v) is 1.73. The number of halogens is 3. The van der Waals surface area contributed by atoms with Gasteiger partial charge in [-0.2, -0.15) is 13.2 Å². The Hall–Kier alpha value is -2.58. The third-order valence-electron chi connectivity index (χ3n) is 2.82. The molecule has 0 aliphatic heterocycles. The molecule has 9 heteroatoms. The summed E-state index contributed by atoms with van der Waals surface area (Å²) in [6.07, 6.45) is -2.89. The number of hydrogen-bond acceptors (Lipinski definition) is 4. The van der Waals surface area contributed by atoms with E-state index in [1.165, 1.54) is 4.68 Å². The largest absolute Gasteiger partial charge is 0.487 e. The minimum atomic E-state index is -4.85. The van der Waals surface area contributed by atoms with Crippen LogP contribution in [0.1, 0.15) is 12.1 Å². The van der Waals surface area contributed by atoms with Gasteiger partial charge in [-0.15, -0.1) is 5.10 Å². The lowest BCUT2D eigenvalue weighted by Crippen LogP contribution is -2.37. The van der Waals surface area contributed by atoms with Crippen molar-refractivity contribution in [3.05, 3.63) is 42.2 Å². The molecule has 0 unspecified atom stereocenters. The van der Waals surface area contributed by atoms with Gasteiger partial charge < -0.3 is 10.1 Å². The molecule has 0 aliphatic carbocycles. The van der Waals surface area contributed by atoms with E-state index in [-0.39, 0.29) is 13.2 Å². The maximum Gasteiger partial charge on any atom is 0.471 e. The molecule has 2 aromatic rings. The summed E-state index contributed by atoms with van der Waals surface area (Å²) < 4.78 is 42.9. The Morgan fingerprint density at radius 1 is 1.26 bits per heavy atom. The van der Waals surface area contributed by atoms with Crippen LogP contribution in [-0.2, 0) is 17.9 Å². The lowest BCUT2D eigenvalue weighted by Gasteiger charge is -2.07. The maximum absolute atomic E-state index is 12.0. The number of nitrogens with zero attached hydrogens (tertiary/aromatic N) is 3. The summed E-state index contributed by atoms with van der Waals surface area (Å²) in [6, 6.07) is 9.20. The van der Waals surface area contributed by atoms with Gasteiger partial charge in [0.1, 0.15) is 18.1 Å². The molecule has 6 nitrogen and oxygen atoms in total. The molecule has 124 valence electrons. The van der Waals surface area contributed by atoms with Crippen molar-refractivity contribution in [3.63, 3.8) is 0 Å². The minimum Gasteiger partial charge on any atom is -0.487 e. The molecule has 1 amide bonds. The van der Waals surface area contributed by atoms with Gasteiger partial charge in [-0.05, 0) is 18.6 Å². The molecule has 0 saturated heterocycles. The van der Waals surface area contributed by atoms with Crippen LogP contribution >= 0.6 is 0 Å². The zero-order valence-electron chi connectivity index (χ0n) is 12.1. The van der Waals surface area contributed by atoms with Gasteiger partial charge in [0.15, 0.2) is 0 Å². The van der Waals surface area contributed by atoms with Gasteiger partial charge in [-0.25, -0.2) is 0 Å². The molecule has 1 aromatic carbocycles. The molecule has 0 spiro atoms. The Balaban J connectivity index is 1.70. The fourth-order valence-electron chi connectivity index (χ4n) is 1.73. The van der Waals surface area contributed by atoms with Gasteiger partial charge in [0.2, 0.25) is 0 Å². The van der Waals surface area contributed by atoms with E-state index in [0.29, 0.717) is 24.4 Å². The van der Waals surface area contributed by atoms with Crippen molar-refractivity contribution in [2.75, 3.05) is 6.54 Å². The number of aromatic nitrogens is 3. The molecule has 1 heterocycles. The Morgan fingerprint density at radius 2 is 2.00 bits per heavy atom. The molecule has 2 rings (SSSR count). The Bertz CT molecular complexity index is 628. The van der Waals surface area contributed by atoms with E-state index in [4.69, 9.17) is 4.74 Å². The summed E-state index contributed by atoms with van der Waals surface area (Å²) in [7, 11) is 0. The topological polar surface area (TPSA) is 69.0 Å². The number of alkyl halides is 3. The SMILES string of the molecule is O=C(NCCCn1cc(COc2ccccc2)nn1)C(F)(F)F. The van der Waals surface area contributed by atoms with Gasteiger partial charge in [-0.1, -0.05) is 23.4 Å². The zero-order chi connectivity index (χ0) is 16.7. The van der Waals surface area contributed by atoms with E-state index in [9.17, 15) is 18.0 Å². The van der Waals surface area contributed by atoms with Crippen LogP contribution in [0.15, 0.2) is 36.5 Å². The maximum atomic E-state index is 12.0. The van der Waals surface area contributed by atoms with Crippen LogP contribution < -0.4 is 10.1 Å². The molecular weight excluding hydrogens is 313 g/mol. The molecule has 0 fully saturated rings. The highest BCUT2D eigenvalue weighted by Gasteiger charge is 2.38. The van der Waals surface area contributed by atoms with Crippen LogP contribution in [0.2, 0.25) is 0 Å². The first-order chi connectivity index (χ1) is 10.9. The van der Waals surface area contributed by atoms with Gasteiger partial charge in [0.25, 0.3) is 0 Å². The third kappa shape index (κ3) is 5.61. The number of benzene rings is 1. The van der Waals surface area contributed by atoms with Crippen LogP contribution in [0.5, 0.6) is 5.75 Å². The molecule has 0 saturated carbocycles. The quantitative estimate of drug-likeness (QED) is 0.789. The Kier molecular flexibility index (Phi) is 5.56. The van der Waals surface area contributed by atoms with Crippen molar-refractivity contribution in [2.45, 2.75) is 25.7 Å². The Morgan fingerprint density at radius 3 is 2.70 bits per heavy atom. The number of rotatable bonds is 7. The monoisotopic (exact) mass is 328 g/mol. The van der Waals surface area contributed by atoms with Crippen molar-refractivity contribution < 1.29 is 22.7 Å². The van der Waals surface area contributed by atoms with Gasteiger partial charge in [0.05, 0.1) is 6.20 Å². The zero-order valence-corrected chi connectivity index (χ0v) is 12.1. The second kappa shape index (κ2) is 7.61. The summed E-state index contributed by atoms with van der Waals surface area (Å²) in [5.41, 5.74) is 0.605. The lowest BCUT2D eigenvalue weighted by atomic mass is 10.3. The van der Waals surface area contributed by atoms with Crippen molar-refractivity contribution in [1.29, 1.82) is 0 Å². The standard InChI is InChI=1S/C14H15F3N4O2/c15-14(16,17)13(22)18-7-4-8-21-9-11(19-20-21)10-23-12-5-2-1-3-6-12/h1-3,5-6,9H,4,7-8,10H2,(H,18,22). The first-order valence-electron chi connectivity index (χ1n) is 6.87. The van der Waals surface area contributed by atoms with E-state index < -0.39 is 12.1 Å². The summed E-state index contributed by atoms with van der Waals surface area (Å²) in [5, 5.41) is 9.55. The summed E-state index contributed by atoms with van der Waals surface area (Å²) in [5.74, 6) is -1.23. The van der Waals surface area contributed by atoms with Crippen LogP contribution in [-0.4, -0.2) is 33.6 Å². The third-order valence-corrected chi connectivity index (χ3v) is 2.82. The fraction of sp³-hybridized carbons (Fsp3) is 0.357. The van der Waals surface area contributed by atoms with Crippen LogP contribution in [0, 0.1) is 0 Å². The highest BCUT2D eigenvalue weighted by molar-refractivity contribution is 5.81. The Labute approximate surface area is 130 Å². The summed E-state index contributed by atoms with van der Waals surface area (Å²) >= 11 is 0. The van der Waals surface area contributed by atoms with E-state index in [1.807, 2.05) is 30.3 Å².